The van der Waals surface area contributed by atoms with Crippen LogP contribution in [0, 0.1) is 0 Å². The molecule has 128 valence electrons. The Morgan fingerprint density at radius 1 is 1.32 bits per heavy atom. The van der Waals surface area contributed by atoms with Crippen LogP contribution in [0.1, 0.15) is 26.7 Å². The lowest BCUT2D eigenvalue weighted by molar-refractivity contribution is -0.119. The average Bonchev–Trinajstić information content (AvgIpc) is 2.42. The summed E-state index contributed by atoms with van der Waals surface area (Å²) < 4.78 is 30.2. The minimum absolute atomic E-state index is 0.158. The second-order valence-corrected chi connectivity index (χ2v) is 7.21. The van der Waals surface area contributed by atoms with E-state index >= 15 is 0 Å². The minimum atomic E-state index is -3.36. The summed E-state index contributed by atoms with van der Waals surface area (Å²) in [5.41, 5.74) is 0. The predicted octanol–water partition coefficient (Wildman–Crippen LogP) is 0.00500. The zero-order chi connectivity index (χ0) is 16.8. The number of amides is 2. The van der Waals surface area contributed by atoms with Crippen molar-refractivity contribution in [3.63, 3.8) is 0 Å². The molecule has 1 rings (SSSR count). The summed E-state index contributed by atoms with van der Waals surface area (Å²) >= 11 is 0. The zero-order valence-corrected chi connectivity index (χ0v) is 14.2. The summed E-state index contributed by atoms with van der Waals surface area (Å²) in [6.07, 6.45) is 1.93. The van der Waals surface area contributed by atoms with Gasteiger partial charge >= 0.3 is 6.09 Å². The maximum Gasteiger partial charge on any atom is 0.409 e. The highest BCUT2D eigenvalue weighted by Crippen LogP contribution is 2.19. The molecule has 1 aliphatic rings. The van der Waals surface area contributed by atoms with Crippen molar-refractivity contribution in [2.75, 3.05) is 39.0 Å². The second-order valence-electron chi connectivity index (χ2n) is 5.27. The zero-order valence-electron chi connectivity index (χ0n) is 13.4. The molecule has 0 atom stereocenters. The van der Waals surface area contributed by atoms with Crippen LogP contribution in [-0.2, 0) is 19.6 Å². The highest BCUT2D eigenvalue weighted by atomic mass is 32.2. The highest BCUT2D eigenvalue weighted by Gasteiger charge is 2.31. The summed E-state index contributed by atoms with van der Waals surface area (Å²) in [5, 5.41) is 2.60. The van der Waals surface area contributed by atoms with Gasteiger partial charge in [-0.05, 0) is 19.8 Å². The number of ether oxygens (including phenoxy) is 1. The third-order valence-electron chi connectivity index (χ3n) is 3.53. The van der Waals surface area contributed by atoms with Gasteiger partial charge in [-0.15, -0.1) is 0 Å². The molecule has 8 nitrogen and oxygen atoms in total. The molecule has 0 aromatic rings. The van der Waals surface area contributed by atoms with Gasteiger partial charge in [-0.3, -0.25) is 4.79 Å². The van der Waals surface area contributed by atoms with Crippen molar-refractivity contribution in [3.05, 3.63) is 0 Å². The molecular weight excluding hydrogens is 310 g/mol. The van der Waals surface area contributed by atoms with Crippen molar-refractivity contribution in [2.45, 2.75) is 32.7 Å². The van der Waals surface area contributed by atoms with E-state index < -0.39 is 10.0 Å². The van der Waals surface area contributed by atoms with E-state index in [1.165, 1.54) is 17.5 Å². The van der Waals surface area contributed by atoms with E-state index in [0.29, 0.717) is 32.5 Å². The van der Waals surface area contributed by atoms with Crippen molar-refractivity contribution in [1.29, 1.82) is 0 Å². The summed E-state index contributed by atoms with van der Waals surface area (Å²) in [4.78, 5) is 24.1. The van der Waals surface area contributed by atoms with Crippen LogP contribution in [0.3, 0.4) is 0 Å². The Labute approximate surface area is 131 Å². The molecule has 1 fully saturated rings. The first-order valence-corrected chi connectivity index (χ1v) is 9.23. The van der Waals surface area contributed by atoms with E-state index in [1.54, 1.807) is 11.8 Å². The number of carbonyl (C=O) groups is 2. The van der Waals surface area contributed by atoms with E-state index in [1.807, 2.05) is 0 Å². The van der Waals surface area contributed by atoms with Crippen molar-refractivity contribution in [1.82, 2.24) is 14.5 Å². The lowest BCUT2D eigenvalue weighted by Crippen LogP contribution is -2.50. The fourth-order valence-electron chi connectivity index (χ4n) is 2.51. The Morgan fingerprint density at radius 3 is 2.36 bits per heavy atom. The molecule has 0 unspecified atom stereocenters. The van der Waals surface area contributed by atoms with Gasteiger partial charge in [-0.1, -0.05) is 0 Å². The van der Waals surface area contributed by atoms with Crippen LogP contribution >= 0.6 is 0 Å². The Hall–Kier alpha value is -1.35. The molecule has 22 heavy (non-hydrogen) atoms. The molecule has 0 bridgehead atoms. The normalized spacial score (nSPS) is 16.6. The van der Waals surface area contributed by atoms with E-state index in [2.05, 4.69) is 5.32 Å². The van der Waals surface area contributed by atoms with Gasteiger partial charge in [0, 0.05) is 39.1 Å². The summed E-state index contributed by atoms with van der Waals surface area (Å²) in [6.45, 7) is 4.92. The molecule has 2 amide bonds. The number of likely N-dealkylation sites (tertiary alicyclic amines) is 1. The van der Waals surface area contributed by atoms with Crippen LogP contribution in [0.2, 0.25) is 0 Å². The fourth-order valence-corrected chi connectivity index (χ4v) is 3.69. The summed E-state index contributed by atoms with van der Waals surface area (Å²) in [5.74, 6) is -0.189. The first-order valence-electron chi connectivity index (χ1n) is 7.38. The lowest BCUT2D eigenvalue weighted by atomic mass is 10.1. The molecule has 1 N–H and O–H groups in total. The standard InChI is InChI=1S/C13H25N3O5S/c1-4-21-13(18)15-8-5-12(6-9-15)16(22(3,19)20)10-7-14-11(2)17/h12H,4-10H2,1-3H3,(H,14,17). The number of nitrogens with zero attached hydrogens (tertiary/aromatic N) is 2. The Bertz CT molecular complexity index is 486. The van der Waals surface area contributed by atoms with Gasteiger partial charge in [0.2, 0.25) is 15.9 Å². The Morgan fingerprint density at radius 2 is 1.91 bits per heavy atom. The summed E-state index contributed by atoms with van der Waals surface area (Å²) in [7, 11) is -3.36. The number of hydrogen-bond acceptors (Lipinski definition) is 5. The molecule has 1 aliphatic heterocycles. The van der Waals surface area contributed by atoms with Gasteiger partial charge in [0.05, 0.1) is 12.9 Å². The number of nitrogens with one attached hydrogen (secondary N) is 1. The van der Waals surface area contributed by atoms with Crippen molar-refractivity contribution in [2.24, 2.45) is 0 Å². The van der Waals surface area contributed by atoms with E-state index in [4.69, 9.17) is 4.74 Å². The maximum absolute atomic E-state index is 11.9. The predicted molar refractivity (Wildman–Crippen MR) is 81.9 cm³/mol. The minimum Gasteiger partial charge on any atom is -0.450 e. The molecule has 0 aromatic carbocycles. The molecule has 0 radical (unpaired) electrons. The van der Waals surface area contributed by atoms with Crippen molar-refractivity contribution < 1.29 is 22.7 Å². The highest BCUT2D eigenvalue weighted by molar-refractivity contribution is 7.88. The molecule has 0 aromatic heterocycles. The summed E-state index contributed by atoms with van der Waals surface area (Å²) in [6, 6.07) is -0.158. The van der Waals surface area contributed by atoms with Crippen LogP contribution in [0.15, 0.2) is 0 Å². The molecule has 0 aliphatic carbocycles. The van der Waals surface area contributed by atoms with E-state index in [9.17, 15) is 18.0 Å². The molecule has 0 saturated carbocycles. The second kappa shape index (κ2) is 8.33. The molecule has 1 heterocycles. The van der Waals surface area contributed by atoms with Gasteiger partial charge < -0.3 is 15.0 Å². The van der Waals surface area contributed by atoms with Gasteiger partial charge in [-0.25, -0.2) is 13.2 Å². The largest absolute Gasteiger partial charge is 0.450 e. The molecule has 1 saturated heterocycles. The van der Waals surface area contributed by atoms with Crippen LogP contribution < -0.4 is 5.32 Å². The van der Waals surface area contributed by atoms with E-state index in [0.717, 1.165) is 0 Å². The third-order valence-corrected chi connectivity index (χ3v) is 4.86. The van der Waals surface area contributed by atoms with Crippen LogP contribution in [-0.4, -0.2) is 74.7 Å². The van der Waals surface area contributed by atoms with Gasteiger partial charge in [0.15, 0.2) is 0 Å². The number of hydrogen-bond donors (Lipinski definition) is 1. The fraction of sp³-hybridized carbons (Fsp3) is 0.846. The average molecular weight is 335 g/mol. The number of rotatable bonds is 6. The molecule has 9 heteroatoms. The first kappa shape index (κ1) is 18.7. The number of carbonyl (C=O) groups excluding carboxylic acids is 2. The topological polar surface area (TPSA) is 96.0 Å². The monoisotopic (exact) mass is 335 g/mol. The SMILES string of the molecule is CCOC(=O)N1CCC(N(CCNC(C)=O)S(C)(=O)=O)CC1. The Balaban J connectivity index is 2.59. The number of sulfonamides is 1. The molecule has 0 spiro atoms. The van der Waals surface area contributed by atoms with Gasteiger partial charge in [-0.2, -0.15) is 4.31 Å². The van der Waals surface area contributed by atoms with E-state index in [-0.39, 0.29) is 31.1 Å². The van der Waals surface area contributed by atoms with Crippen molar-refractivity contribution in [3.8, 4) is 0 Å². The van der Waals surface area contributed by atoms with Gasteiger partial charge in [0.25, 0.3) is 0 Å². The maximum atomic E-state index is 11.9. The van der Waals surface area contributed by atoms with Gasteiger partial charge in [0.1, 0.15) is 0 Å². The van der Waals surface area contributed by atoms with Crippen molar-refractivity contribution >= 4 is 22.0 Å². The van der Waals surface area contributed by atoms with Crippen LogP contribution in [0.4, 0.5) is 4.79 Å². The Kier molecular flexibility index (Phi) is 7.08. The molecular formula is C13H25N3O5S. The van der Waals surface area contributed by atoms with Crippen LogP contribution in [0.5, 0.6) is 0 Å². The van der Waals surface area contributed by atoms with Crippen LogP contribution in [0.25, 0.3) is 0 Å². The third kappa shape index (κ3) is 5.80. The smallest absolute Gasteiger partial charge is 0.409 e. The number of piperidine rings is 1. The first-order chi connectivity index (χ1) is 10.3. The quantitative estimate of drug-likeness (QED) is 0.737. The lowest BCUT2D eigenvalue weighted by Gasteiger charge is -2.36.